The third-order valence-corrected chi connectivity index (χ3v) is 5.14. The predicted molar refractivity (Wildman–Crippen MR) is 108 cm³/mol. The largest absolute Gasteiger partial charge is 0.493 e. The Labute approximate surface area is 168 Å². The van der Waals surface area contributed by atoms with Gasteiger partial charge >= 0.3 is 6.03 Å². The second-order valence-electron chi connectivity index (χ2n) is 6.75. The molecule has 1 aliphatic heterocycles. The number of hydrogen-bond donors (Lipinski definition) is 1. The zero-order chi connectivity index (χ0) is 20.4. The summed E-state index contributed by atoms with van der Waals surface area (Å²) in [6, 6.07) is 15.0. The van der Waals surface area contributed by atoms with Crippen molar-refractivity contribution in [3.05, 3.63) is 77.9 Å². The average molecular weight is 395 g/mol. The second-order valence-corrected chi connectivity index (χ2v) is 6.75. The van der Waals surface area contributed by atoms with Crippen LogP contribution < -0.4 is 14.8 Å². The van der Waals surface area contributed by atoms with Crippen molar-refractivity contribution in [3.8, 4) is 11.5 Å². The van der Waals surface area contributed by atoms with E-state index in [1.165, 1.54) is 6.07 Å². The van der Waals surface area contributed by atoms with Crippen LogP contribution in [0.4, 0.5) is 14.9 Å². The quantitative estimate of drug-likeness (QED) is 0.717. The predicted octanol–water partition coefficient (Wildman–Crippen LogP) is 4.28. The van der Waals surface area contributed by atoms with E-state index in [4.69, 9.17) is 9.47 Å². The number of carbonyl (C=O) groups is 1. The van der Waals surface area contributed by atoms with Gasteiger partial charge in [0.2, 0.25) is 0 Å². The monoisotopic (exact) mass is 395 g/mol. The van der Waals surface area contributed by atoms with Gasteiger partial charge in [0.15, 0.2) is 11.5 Å². The van der Waals surface area contributed by atoms with Crippen molar-refractivity contribution < 1.29 is 18.7 Å². The fourth-order valence-electron chi connectivity index (χ4n) is 3.73. The molecule has 1 atom stereocenters. The van der Waals surface area contributed by atoms with E-state index in [1.807, 2.05) is 36.5 Å². The molecule has 6 nitrogen and oxygen atoms in total. The Kier molecular flexibility index (Phi) is 5.12. The van der Waals surface area contributed by atoms with E-state index in [0.717, 1.165) is 11.3 Å². The number of nitrogens with zero attached hydrogens (tertiary/aromatic N) is 2. The van der Waals surface area contributed by atoms with Gasteiger partial charge in [-0.3, -0.25) is 0 Å². The van der Waals surface area contributed by atoms with E-state index in [0.29, 0.717) is 24.6 Å². The molecule has 2 amide bonds. The van der Waals surface area contributed by atoms with E-state index in [9.17, 15) is 9.18 Å². The number of halogens is 1. The third-order valence-electron chi connectivity index (χ3n) is 5.14. The normalized spacial score (nSPS) is 15.6. The molecule has 0 saturated carbocycles. The zero-order valence-corrected chi connectivity index (χ0v) is 16.3. The Morgan fingerprint density at radius 3 is 2.59 bits per heavy atom. The molecule has 1 N–H and O–H groups in total. The number of carbonyl (C=O) groups excluding carboxylic acids is 1. The minimum atomic E-state index is -0.469. The van der Waals surface area contributed by atoms with Gasteiger partial charge in [0.1, 0.15) is 5.82 Å². The summed E-state index contributed by atoms with van der Waals surface area (Å²) >= 11 is 0. The van der Waals surface area contributed by atoms with Crippen molar-refractivity contribution in [2.24, 2.45) is 0 Å². The molecule has 0 aliphatic carbocycles. The lowest BCUT2D eigenvalue weighted by Crippen LogP contribution is -2.44. The number of urea groups is 1. The highest BCUT2D eigenvalue weighted by Crippen LogP contribution is 2.37. The number of nitrogens with one attached hydrogen (secondary N) is 1. The van der Waals surface area contributed by atoms with Gasteiger partial charge in [0, 0.05) is 25.0 Å². The van der Waals surface area contributed by atoms with Crippen molar-refractivity contribution >= 4 is 11.7 Å². The van der Waals surface area contributed by atoms with Gasteiger partial charge in [-0.25, -0.2) is 9.18 Å². The standard InChI is InChI=1S/C22H22FN3O3/c1-28-19-10-9-15(14-20(19)29-2)21-18-8-5-11-25(18)12-13-26(21)22(27)24-17-7-4-3-6-16(17)23/h3-11,14,21H,12-13H2,1-2H3,(H,24,27)/t21-/m1/s1. The molecule has 0 fully saturated rings. The number of benzene rings is 2. The van der Waals surface area contributed by atoms with E-state index < -0.39 is 5.82 Å². The fraction of sp³-hybridized carbons (Fsp3) is 0.227. The van der Waals surface area contributed by atoms with Crippen LogP contribution in [0.15, 0.2) is 60.8 Å². The SMILES string of the molecule is COc1ccc([C@@H]2c3cccn3CCN2C(=O)Nc2ccccc2F)cc1OC. The van der Waals surface area contributed by atoms with Crippen molar-refractivity contribution in [3.63, 3.8) is 0 Å². The number of hydrogen-bond acceptors (Lipinski definition) is 3. The van der Waals surface area contributed by atoms with Crippen LogP contribution in [0, 0.1) is 5.82 Å². The first-order valence-electron chi connectivity index (χ1n) is 9.31. The van der Waals surface area contributed by atoms with E-state index in [2.05, 4.69) is 9.88 Å². The molecule has 0 radical (unpaired) electrons. The Balaban J connectivity index is 1.72. The van der Waals surface area contributed by atoms with Crippen LogP contribution in [0.25, 0.3) is 0 Å². The molecule has 0 unspecified atom stereocenters. The summed E-state index contributed by atoms with van der Waals surface area (Å²) in [5.74, 6) is 0.733. The van der Waals surface area contributed by atoms with Crippen LogP contribution in [-0.4, -0.2) is 36.3 Å². The molecule has 2 heterocycles. The van der Waals surface area contributed by atoms with Crippen LogP contribution in [0.3, 0.4) is 0 Å². The van der Waals surface area contributed by atoms with Crippen molar-refractivity contribution in [1.82, 2.24) is 9.47 Å². The smallest absolute Gasteiger partial charge is 0.322 e. The molecule has 7 heteroatoms. The lowest BCUT2D eigenvalue weighted by molar-refractivity contribution is 0.181. The minimum Gasteiger partial charge on any atom is -0.493 e. The molecule has 0 spiro atoms. The molecule has 2 aromatic carbocycles. The molecule has 4 rings (SSSR count). The summed E-state index contributed by atoms with van der Waals surface area (Å²) in [5, 5.41) is 2.70. The maximum Gasteiger partial charge on any atom is 0.322 e. The maximum absolute atomic E-state index is 14.0. The van der Waals surface area contributed by atoms with Gasteiger partial charge in [-0.05, 0) is 42.0 Å². The molecular weight excluding hydrogens is 373 g/mol. The number of methoxy groups -OCH3 is 2. The average Bonchev–Trinajstić information content (AvgIpc) is 3.23. The van der Waals surface area contributed by atoms with Crippen LogP contribution in [-0.2, 0) is 6.54 Å². The van der Waals surface area contributed by atoms with Gasteiger partial charge < -0.3 is 24.3 Å². The first kappa shape index (κ1) is 18.9. The van der Waals surface area contributed by atoms with Crippen molar-refractivity contribution in [2.45, 2.75) is 12.6 Å². The van der Waals surface area contributed by atoms with Crippen molar-refractivity contribution in [1.29, 1.82) is 0 Å². The third kappa shape index (κ3) is 3.51. The lowest BCUT2D eigenvalue weighted by atomic mass is 9.99. The number of anilines is 1. The summed E-state index contributed by atoms with van der Waals surface area (Å²) < 4.78 is 26.9. The summed E-state index contributed by atoms with van der Waals surface area (Å²) in [4.78, 5) is 14.8. The first-order valence-corrected chi connectivity index (χ1v) is 9.31. The lowest BCUT2D eigenvalue weighted by Gasteiger charge is -2.37. The van der Waals surface area contributed by atoms with Gasteiger partial charge in [-0.1, -0.05) is 18.2 Å². The van der Waals surface area contributed by atoms with Crippen LogP contribution in [0.1, 0.15) is 17.3 Å². The van der Waals surface area contributed by atoms with E-state index in [1.54, 1.807) is 37.3 Å². The maximum atomic E-state index is 14.0. The minimum absolute atomic E-state index is 0.157. The highest BCUT2D eigenvalue weighted by Gasteiger charge is 2.33. The Hall–Kier alpha value is -3.48. The summed E-state index contributed by atoms with van der Waals surface area (Å²) in [6.07, 6.45) is 2.00. The molecule has 1 aliphatic rings. The number of amides is 2. The van der Waals surface area contributed by atoms with Gasteiger partial charge in [-0.15, -0.1) is 0 Å². The molecule has 0 saturated heterocycles. The zero-order valence-electron chi connectivity index (χ0n) is 16.3. The van der Waals surface area contributed by atoms with E-state index in [-0.39, 0.29) is 17.8 Å². The summed E-state index contributed by atoms with van der Waals surface area (Å²) in [7, 11) is 3.16. The highest BCUT2D eigenvalue weighted by molar-refractivity contribution is 5.90. The topological polar surface area (TPSA) is 55.7 Å². The van der Waals surface area contributed by atoms with Crippen molar-refractivity contribution in [2.75, 3.05) is 26.1 Å². The Morgan fingerprint density at radius 1 is 1.03 bits per heavy atom. The molecular formula is C22H22FN3O3. The number of para-hydroxylation sites is 1. The second kappa shape index (κ2) is 7.87. The molecule has 1 aromatic heterocycles. The van der Waals surface area contributed by atoms with E-state index >= 15 is 0 Å². The number of fused-ring (bicyclic) bond motifs is 1. The highest BCUT2D eigenvalue weighted by atomic mass is 19.1. The fourth-order valence-corrected chi connectivity index (χ4v) is 3.73. The first-order chi connectivity index (χ1) is 14.1. The number of ether oxygens (including phenoxy) is 2. The van der Waals surface area contributed by atoms with Crippen LogP contribution >= 0.6 is 0 Å². The number of rotatable bonds is 4. The summed E-state index contributed by atoms with van der Waals surface area (Å²) in [5.41, 5.74) is 2.02. The molecule has 3 aromatic rings. The molecule has 29 heavy (non-hydrogen) atoms. The Bertz CT molecular complexity index is 1030. The van der Waals surface area contributed by atoms with Crippen LogP contribution in [0.2, 0.25) is 0 Å². The van der Waals surface area contributed by atoms with Gasteiger partial charge in [0.05, 0.1) is 25.9 Å². The van der Waals surface area contributed by atoms with Gasteiger partial charge in [0.25, 0.3) is 0 Å². The van der Waals surface area contributed by atoms with Gasteiger partial charge in [-0.2, -0.15) is 0 Å². The summed E-state index contributed by atoms with van der Waals surface area (Å²) in [6.45, 7) is 1.15. The molecule has 0 bridgehead atoms. The molecule has 150 valence electrons. The number of aromatic nitrogens is 1. The van der Waals surface area contributed by atoms with Crippen LogP contribution in [0.5, 0.6) is 11.5 Å². The Morgan fingerprint density at radius 2 is 1.83 bits per heavy atom.